The lowest BCUT2D eigenvalue weighted by atomic mass is 9.81. The molecule has 2 heterocycles. The number of benzene rings is 1. The zero-order valence-corrected chi connectivity index (χ0v) is 17.3. The molecule has 160 valence electrons. The van der Waals surface area contributed by atoms with E-state index in [1.165, 1.54) is 6.42 Å². The first-order valence-electron chi connectivity index (χ1n) is 11.0. The van der Waals surface area contributed by atoms with E-state index in [-0.39, 0.29) is 48.6 Å². The van der Waals surface area contributed by atoms with Gasteiger partial charge in [0, 0.05) is 25.2 Å². The van der Waals surface area contributed by atoms with Crippen LogP contribution in [-0.2, 0) is 20.9 Å². The second kappa shape index (κ2) is 8.98. The lowest BCUT2D eigenvalue weighted by molar-refractivity contribution is -0.143. The topological polar surface area (TPSA) is 86.8 Å². The quantitative estimate of drug-likeness (QED) is 0.752. The molecule has 1 saturated carbocycles. The van der Waals surface area contributed by atoms with Crippen LogP contribution in [0.1, 0.15) is 60.9 Å². The second-order valence-electron chi connectivity index (χ2n) is 8.59. The first kappa shape index (κ1) is 20.6. The van der Waals surface area contributed by atoms with E-state index in [0.29, 0.717) is 5.56 Å². The van der Waals surface area contributed by atoms with Crippen LogP contribution in [0.15, 0.2) is 24.3 Å². The summed E-state index contributed by atoms with van der Waals surface area (Å²) in [5.41, 5.74) is 1.44. The van der Waals surface area contributed by atoms with Crippen LogP contribution in [0.25, 0.3) is 0 Å². The van der Waals surface area contributed by atoms with Gasteiger partial charge < -0.3 is 10.2 Å². The van der Waals surface area contributed by atoms with E-state index in [4.69, 9.17) is 0 Å². The van der Waals surface area contributed by atoms with Crippen LogP contribution >= 0.6 is 0 Å². The average Bonchev–Trinajstić information content (AvgIpc) is 3.03. The van der Waals surface area contributed by atoms with Gasteiger partial charge in [0.2, 0.25) is 17.7 Å². The van der Waals surface area contributed by atoms with Gasteiger partial charge in [-0.15, -0.1) is 0 Å². The highest BCUT2D eigenvalue weighted by Gasteiger charge is 2.48. The first-order valence-corrected chi connectivity index (χ1v) is 11.0. The summed E-state index contributed by atoms with van der Waals surface area (Å²) < 4.78 is 0. The standard InChI is InChI=1S/C23H29N3O4/c27-20(15-26-22(29)18-9-2-3-10-19(18)23(26)30)24-14-16-7-6-8-17(13-16)21(28)25-11-4-1-5-12-25/h6-8,13,18-19H,1-5,9-12,14-15H2,(H,24,27). The van der Waals surface area contributed by atoms with Crippen molar-refractivity contribution in [1.82, 2.24) is 15.1 Å². The van der Waals surface area contributed by atoms with Gasteiger partial charge in [-0.05, 0) is 49.8 Å². The molecule has 30 heavy (non-hydrogen) atoms. The molecule has 4 rings (SSSR count). The van der Waals surface area contributed by atoms with Crippen LogP contribution in [0, 0.1) is 11.8 Å². The zero-order chi connectivity index (χ0) is 21.1. The van der Waals surface area contributed by atoms with Gasteiger partial charge in [0.25, 0.3) is 5.91 Å². The van der Waals surface area contributed by atoms with Crippen LogP contribution in [-0.4, -0.2) is 53.1 Å². The molecule has 1 aromatic rings. The third kappa shape index (κ3) is 4.25. The number of carbonyl (C=O) groups is 4. The normalized spacial score (nSPS) is 24.0. The number of fused-ring (bicyclic) bond motifs is 1. The molecule has 3 aliphatic rings. The molecule has 2 unspecified atom stereocenters. The Morgan fingerprint density at radius 2 is 1.60 bits per heavy atom. The minimum Gasteiger partial charge on any atom is -0.350 e. The predicted octanol–water partition coefficient (Wildman–Crippen LogP) is 2.10. The minimum atomic E-state index is -0.358. The smallest absolute Gasteiger partial charge is 0.253 e. The minimum absolute atomic E-state index is 0.0266. The highest BCUT2D eigenvalue weighted by molar-refractivity contribution is 6.07. The van der Waals surface area contributed by atoms with Gasteiger partial charge in [-0.2, -0.15) is 0 Å². The molecule has 0 radical (unpaired) electrons. The van der Waals surface area contributed by atoms with Gasteiger partial charge in [0.05, 0.1) is 11.8 Å². The molecular weight excluding hydrogens is 382 g/mol. The van der Waals surface area contributed by atoms with Crippen molar-refractivity contribution >= 4 is 23.6 Å². The van der Waals surface area contributed by atoms with Crippen LogP contribution in [0.2, 0.25) is 0 Å². The molecule has 3 fully saturated rings. The lowest BCUT2D eigenvalue weighted by Crippen LogP contribution is -2.40. The van der Waals surface area contributed by atoms with Crippen molar-refractivity contribution in [3.05, 3.63) is 35.4 Å². The number of amides is 4. The van der Waals surface area contributed by atoms with Crippen LogP contribution in [0.5, 0.6) is 0 Å². The van der Waals surface area contributed by atoms with E-state index < -0.39 is 0 Å². The lowest BCUT2D eigenvalue weighted by Gasteiger charge is -2.26. The summed E-state index contributed by atoms with van der Waals surface area (Å²) in [7, 11) is 0. The molecule has 1 N–H and O–H groups in total. The fraction of sp³-hybridized carbons (Fsp3) is 0.565. The highest BCUT2D eigenvalue weighted by Crippen LogP contribution is 2.37. The van der Waals surface area contributed by atoms with Gasteiger partial charge >= 0.3 is 0 Å². The summed E-state index contributed by atoms with van der Waals surface area (Å²) >= 11 is 0. The van der Waals surface area contributed by atoms with Crippen molar-refractivity contribution in [2.45, 2.75) is 51.5 Å². The number of nitrogens with one attached hydrogen (secondary N) is 1. The first-order chi connectivity index (χ1) is 14.5. The van der Waals surface area contributed by atoms with Crippen molar-refractivity contribution in [2.75, 3.05) is 19.6 Å². The van der Waals surface area contributed by atoms with E-state index in [1.807, 2.05) is 17.0 Å². The van der Waals surface area contributed by atoms with Crippen LogP contribution < -0.4 is 5.32 Å². The number of hydrogen-bond donors (Lipinski definition) is 1. The maximum absolute atomic E-state index is 12.7. The van der Waals surface area contributed by atoms with E-state index in [0.717, 1.165) is 62.1 Å². The largest absolute Gasteiger partial charge is 0.350 e. The Morgan fingerprint density at radius 1 is 0.933 bits per heavy atom. The number of piperidine rings is 1. The Morgan fingerprint density at radius 3 is 2.27 bits per heavy atom. The fourth-order valence-corrected chi connectivity index (χ4v) is 4.88. The van der Waals surface area contributed by atoms with Gasteiger partial charge in [0.15, 0.2) is 0 Å². The Balaban J connectivity index is 1.32. The van der Waals surface area contributed by atoms with Crippen LogP contribution in [0.4, 0.5) is 0 Å². The van der Waals surface area contributed by atoms with Crippen LogP contribution in [0.3, 0.4) is 0 Å². The van der Waals surface area contributed by atoms with E-state index in [2.05, 4.69) is 5.32 Å². The summed E-state index contributed by atoms with van der Waals surface area (Å²) in [4.78, 5) is 53.1. The summed E-state index contributed by atoms with van der Waals surface area (Å²) in [6.07, 6.45) is 6.66. The van der Waals surface area contributed by atoms with Gasteiger partial charge in [-0.1, -0.05) is 25.0 Å². The highest BCUT2D eigenvalue weighted by atomic mass is 16.2. The maximum Gasteiger partial charge on any atom is 0.253 e. The zero-order valence-electron chi connectivity index (χ0n) is 17.3. The molecule has 2 atom stereocenters. The van der Waals surface area contributed by atoms with Gasteiger partial charge in [-0.25, -0.2) is 0 Å². The molecule has 7 nitrogen and oxygen atoms in total. The number of imide groups is 1. The second-order valence-corrected chi connectivity index (χ2v) is 8.59. The summed E-state index contributed by atoms with van der Waals surface area (Å²) in [5.74, 6) is -1.21. The Hall–Kier alpha value is -2.70. The number of likely N-dealkylation sites (tertiary alicyclic amines) is 2. The van der Waals surface area contributed by atoms with Crippen molar-refractivity contribution in [2.24, 2.45) is 11.8 Å². The molecule has 0 bridgehead atoms. The average molecular weight is 412 g/mol. The van der Waals surface area contributed by atoms with E-state index in [9.17, 15) is 19.2 Å². The number of hydrogen-bond acceptors (Lipinski definition) is 4. The van der Waals surface area contributed by atoms with Crippen molar-refractivity contribution in [3.63, 3.8) is 0 Å². The van der Waals surface area contributed by atoms with Crippen molar-refractivity contribution in [1.29, 1.82) is 0 Å². The monoisotopic (exact) mass is 411 g/mol. The third-order valence-corrected chi connectivity index (χ3v) is 6.54. The molecule has 0 aromatic heterocycles. The number of nitrogens with zero attached hydrogens (tertiary/aromatic N) is 2. The summed E-state index contributed by atoms with van der Waals surface area (Å²) in [5, 5.41) is 2.78. The molecule has 2 saturated heterocycles. The number of carbonyl (C=O) groups excluding carboxylic acids is 4. The molecule has 1 aromatic carbocycles. The Bertz CT molecular complexity index is 823. The Kier molecular flexibility index (Phi) is 6.16. The fourth-order valence-electron chi connectivity index (χ4n) is 4.88. The van der Waals surface area contributed by atoms with Crippen molar-refractivity contribution < 1.29 is 19.2 Å². The molecule has 7 heteroatoms. The van der Waals surface area contributed by atoms with E-state index >= 15 is 0 Å². The molecule has 0 spiro atoms. The summed E-state index contributed by atoms with van der Waals surface area (Å²) in [6, 6.07) is 7.27. The SMILES string of the molecule is O=C(CN1C(=O)C2CCCCC2C1=O)NCc1cccc(C(=O)N2CCCCC2)c1. The van der Waals surface area contributed by atoms with Crippen molar-refractivity contribution in [3.8, 4) is 0 Å². The molecule has 1 aliphatic carbocycles. The predicted molar refractivity (Wildman–Crippen MR) is 110 cm³/mol. The number of rotatable bonds is 5. The van der Waals surface area contributed by atoms with Gasteiger partial charge in [-0.3, -0.25) is 24.1 Å². The summed E-state index contributed by atoms with van der Waals surface area (Å²) in [6.45, 7) is 1.61. The maximum atomic E-state index is 12.7. The Labute approximate surface area is 176 Å². The van der Waals surface area contributed by atoms with E-state index in [1.54, 1.807) is 12.1 Å². The molecule has 4 amide bonds. The third-order valence-electron chi connectivity index (χ3n) is 6.54. The molecular formula is C23H29N3O4. The molecule has 2 aliphatic heterocycles. The van der Waals surface area contributed by atoms with Gasteiger partial charge in [0.1, 0.15) is 6.54 Å².